The predicted molar refractivity (Wildman–Crippen MR) is 152 cm³/mol. The van der Waals surface area contributed by atoms with Gasteiger partial charge in [0.15, 0.2) is 0 Å². The van der Waals surface area contributed by atoms with E-state index in [0.717, 1.165) is 6.42 Å². The fraction of sp³-hybridized carbons (Fsp3) is 0.688. The highest BCUT2D eigenvalue weighted by Gasteiger charge is 2.60. The predicted octanol–water partition coefficient (Wildman–Crippen LogP) is 8.97. The molecule has 4 rings (SSSR count). The number of hydrogen-bond donors (Lipinski definition) is 0. The van der Waals surface area contributed by atoms with Crippen LogP contribution in [0.15, 0.2) is 30.3 Å². The highest BCUT2D eigenvalue weighted by molar-refractivity contribution is 6.49. The van der Waals surface area contributed by atoms with Crippen LogP contribution in [0.25, 0.3) is 10.8 Å². The van der Waals surface area contributed by atoms with E-state index in [-0.39, 0.29) is 45.3 Å². The van der Waals surface area contributed by atoms with E-state index >= 15 is 0 Å². The van der Waals surface area contributed by atoms with E-state index in [1.54, 1.807) is 5.56 Å². The molecule has 0 aromatic heterocycles. The van der Waals surface area contributed by atoms with Gasteiger partial charge in [0.05, 0.1) is 11.2 Å². The number of fused-ring (bicyclic) bond motifs is 2. The second kappa shape index (κ2) is 7.38. The van der Waals surface area contributed by atoms with Crippen molar-refractivity contribution >= 4 is 17.9 Å². The summed E-state index contributed by atoms with van der Waals surface area (Å²) in [6.07, 6.45) is 0.966. The van der Waals surface area contributed by atoms with Crippen LogP contribution in [0.2, 0.25) is 5.31 Å². The minimum atomic E-state index is -0.324. The lowest BCUT2D eigenvalue weighted by Gasteiger charge is -2.45. The summed E-state index contributed by atoms with van der Waals surface area (Å²) in [5.41, 5.74) is 4.09. The standard InChI is InChI=1S/C32H49BO2/c1-26(2,20-27(3,4)33-34-31(11,12)32(13,14)35-33)24-22-18-16-15-17-21(22)19-23-25(24)29(7,8)30(9,10)28(23,5)6/h15-19H,20H2,1-14H3. The van der Waals surface area contributed by atoms with Crippen LogP contribution in [0.3, 0.4) is 0 Å². The van der Waals surface area contributed by atoms with Gasteiger partial charge in [0, 0.05) is 5.31 Å². The summed E-state index contributed by atoms with van der Waals surface area (Å²) in [4.78, 5) is 0. The van der Waals surface area contributed by atoms with Gasteiger partial charge in [-0.3, -0.25) is 0 Å². The average molecular weight is 477 g/mol. The van der Waals surface area contributed by atoms with Crippen molar-refractivity contribution < 1.29 is 9.31 Å². The summed E-state index contributed by atoms with van der Waals surface area (Å²) in [5.74, 6) is 0. The number of hydrogen-bond acceptors (Lipinski definition) is 2. The molecular weight excluding hydrogens is 427 g/mol. The van der Waals surface area contributed by atoms with Gasteiger partial charge >= 0.3 is 7.12 Å². The quantitative estimate of drug-likeness (QED) is 0.410. The minimum absolute atomic E-state index is 0.0386. The van der Waals surface area contributed by atoms with Gasteiger partial charge in [0.2, 0.25) is 0 Å². The lowest BCUT2D eigenvalue weighted by Crippen LogP contribution is -2.43. The molecule has 1 saturated heterocycles. The van der Waals surface area contributed by atoms with Crippen LogP contribution in [0.1, 0.15) is 120 Å². The normalized spacial score (nSPS) is 24.1. The van der Waals surface area contributed by atoms with Crippen LogP contribution in [-0.2, 0) is 25.6 Å². The summed E-state index contributed by atoms with van der Waals surface area (Å²) in [7, 11) is -0.240. The molecule has 1 aliphatic carbocycles. The van der Waals surface area contributed by atoms with Gasteiger partial charge in [0.25, 0.3) is 0 Å². The first-order valence-electron chi connectivity index (χ1n) is 13.5. The molecule has 2 aromatic carbocycles. The highest BCUT2D eigenvalue weighted by Crippen LogP contribution is 2.65. The molecule has 0 bridgehead atoms. The first-order valence-corrected chi connectivity index (χ1v) is 13.5. The summed E-state index contributed by atoms with van der Waals surface area (Å²) in [6, 6.07) is 11.5. The summed E-state index contributed by atoms with van der Waals surface area (Å²) < 4.78 is 13.2. The Hall–Kier alpha value is -1.32. The van der Waals surface area contributed by atoms with Gasteiger partial charge in [-0.15, -0.1) is 0 Å². The molecule has 35 heavy (non-hydrogen) atoms. The Labute approximate surface area is 215 Å². The van der Waals surface area contributed by atoms with E-state index in [1.165, 1.54) is 21.9 Å². The molecule has 1 fully saturated rings. The molecule has 3 heteroatoms. The topological polar surface area (TPSA) is 18.5 Å². The molecule has 0 saturated carbocycles. The third-order valence-corrected chi connectivity index (χ3v) is 10.9. The van der Waals surface area contributed by atoms with E-state index < -0.39 is 0 Å². The molecule has 1 aliphatic heterocycles. The number of benzene rings is 2. The van der Waals surface area contributed by atoms with Gasteiger partial charge in [-0.25, -0.2) is 0 Å². The molecular formula is C32H49BO2. The van der Waals surface area contributed by atoms with Crippen LogP contribution in [0.4, 0.5) is 0 Å². The van der Waals surface area contributed by atoms with Gasteiger partial charge in [-0.1, -0.05) is 99.6 Å². The van der Waals surface area contributed by atoms with Crippen molar-refractivity contribution in [1.29, 1.82) is 0 Å². The third-order valence-electron chi connectivity index (χ3n) is 10.9. The van der Waals surface area contributed by atoms with Gasteiger partial charge in [-0.05, 0) is 83.2 Å². The van der Waals surface area contributed by atoms with Crippen molar-refractivity contribution in [3.63, 3.8) is 0 Å². The third kappa shape index (κ3) is 3.58. The smallest absolute Gasteiger partial charge is 0.403 e. The van der Waals surface area contributed by atoms with Crippen LogP contribution in [-0.4, -0.2) is 18.3 Å². The molecule has 2 aliphatic rings. The Morgan fingerprint density at radius 3 is 1.80 bits per heavy atom. The van der Waals surface area contributed by atoms with Gasteiger partial charge in [0.1, 0.15) is 0 Å². The lowest BCUT2D eigenvalue weighted by atomic mass is 9.52. The second-order valence-electron chi connectivity index (χ2n) is 15.4. The van der Waals surface area contributed by atoms with Gasteiger partial charge in [-0.2, -0.15) is 0 Å². The Morgan fingerprint density at radius 1 is 0.743 bits per heavy atom. The zero-order chi connectivity index (χ0) is 26.6. The van der Waals surface area contributed by atoms with Crippen LogP contribution in [0, 0.1) is 5.41 Å². The Balaban J connectivity index is 1.91. The maximum absolute atomic E-state index is 6.58. The van der Waals surface area contributed by atoms with E-state index in [2.05, 4.69) is 127 Å². The molecule has 2 aromatic rings. The summed E-state index contributed by atoms with van der Waals surface area (Å²) in [6.45, 7) is 32.9. The Kier molecular flexibility index (Phi) is 5.64. The van der Waals surface area contributed by atoms with Crippen LogP contribution in [0.5, 0.6) is 0 Å². The fourth-order valence-electron chi connectivity index (χ4n) is 7.10. The molecule has 1 heterocycles. The molecule has 0 N–H and O–H groups in total. The first-order chi connectivity index (χ1) is 15.6. The molecule has 0 unspecified atom stereocenters. The summed E-state index contributed by atoms with van der Waals surface area (Å²) in [5, 5.41) is 2.58. The second-order valence-corrected chi connectivity index (χ2v) is 15.4. The molecule has 0 atom stereocenters. The van der Waals surface area contributed by atoms with Crippen molar-refractivity contribution in [2.45, 2.75) is 136 Å². The molecule has 0 radical (unpaired) electrons. The zero-order valence-electron chi connectivity index (χ0n) is 25.0. The zero-order valence-corrected chi connectivity index (χ0v) is 25.0. The molecule has 2 nitrogen and oxygen atoms in total. The molecule has 192 valence electrons. The largest absolute Gasteiger partial charge is 0.463 e. The van der Waals surface area contributed by atoms with Gasteiger partial charge < -0.3 is 9.31 Å². The summed E-state index contributed by atoms with van der Waals surface area (Å²) >= 11 is 0. The maximum atomic E-state index is 6.58. The maximum Gasteiger partial charge on any atom is 0.463 e. The fourth-order valence-corrected chi connectivity index (χ4v) is 7.10. The monoisotopic (exact) mass is 476 g/mol. The Bertz CT molecular complexity index is 1150. The van der Waals surface area contributed by atoms with Crippen LogP contribution < -0.4 is 0 Å². The van der Waals surface area contributed by atoms with Crippen LogP contribution >= 0.6 is 0 Å². The van der Waals surface area contributed by atoms with Crippen molar-refractivity contribution in [3.05, 3.63) is 47.0 Å². The van der Waals surface area contributed by atoms with E-state index in [1.807, 2.05) is 0 Å². The lowest BCUT2D eigenvalue weighted by molar-refractivity contribution is 0.00578. The van der Waals surface area contributed by atoms with Crippen molar-refractivity contribution in [2.75, 3.05) is 0 Å². The highest BCUT2D eigenvalue weighted by atomic mass is 16.7. The minimum Gasteiger partial charge on any atom is -0.403 e. The first kappa shape index (κ1) is 26.7. The number of rotatable bonds is 4. The van der Waals surface area contributed by atoms with Crippen molar-refractivity contribution in [2.24, 2.45) is 5.41 Å². The van der Waals surface area contributed by atoms with E-state index in [9.17, 15) is 0 Å². The average Bonchev–Trinajstić information content (AvgIpc) is 2.97. The molecule has 0 spiro atoms. The Morgan fingerprint density at radius 2 is 1.26 bits per heavy atom. The molecule has 0 amide bonds. The van der Waals surface area contributed by atoms with Crippen molar-refractivity contribution in [3.8, 4) is 0 Å². The van der Waals surface area contributed by atoms with E-state index in [0.29, 0.717) is 0 Å². The van der Waals surface area contributed by atoms with E-state index in [4.69, 9.17) is 9.31 Å². The van der Waals surface area contributed by atoms with Crippen molar-refractivity contribution in [1.82, 2.24) is 0 Å². The SMILES string of the molecule is CC(C)(CC(C)(C)c1c2c(cc3ccccc13)C(C)(C)C(C)(C)C2(C)C)B1OC(C)(C)C(C)(C)O1.